The van der Waals surface area contributed by atoms with Gasteiger partial charge in [-0.05, 0) is 65.8 Å². The molecule has 0 spiro atoms. The third kappa shape index (κ3) is 9.47. The van der Waals surface area contributed by atoms with Crippen molar-refractivity contribution in [2.24, 2.45) is 0 Å². The largest absolute Gasteiger partial charge is 0.444 e. The summed E-state index contributed by atoms with van der Waals surface area (Å²) in [5, 5.41) is 11.2. The second-order valence-corrected chi connectivity index (χ2v) is 11.3. The molecule has 2 amide bonds. The van der Waals surface area contributed by atoms with E-state index in [0.29, 0.717) is 11.4 Å². The molecule has 0 aliphatic rings. The first-order valence-corrected chi connectivity index (χ1v) is 13.2. The summed E-state index contributed by atoms with van der Waals surface area (Å²) < 4.78 is 13.5. The van der Waals surface area contributed by atoms with Crippen LogP contribution in [-0.2, 0) is 9.47 Å². The Balaban J connectivity index is 0.000000226. The van der Waals surface area contributed by atoms with E-state index in [1.54, 1.807) is 103 Å². The van der Waals surface area contributed by atoms with E-state index in [-0.39, 0.29) is 10.3 Å². The lowest BCUT2D eigenvalue weighted by Crippen LogP contribution is -2.34. The number of hydrogen-bond donors (Lipinski definition) is 1. The number of pyridine rings is 2. The van der Waals surface area contributed by atoms with Crippen LogP contribution in [-0.4, -0.2) is 60.0 Å². The van der Waals surface area contributed by atoms with E-state index in [1.807, 2.05) is 12.1 Å². The Kier molecular flexibility index (Phi) is 9.95. The molecular weight excluding hydrogens is 571 g/mol. The van der Waals surface area contributed by atoms with Crippen molar-refractivity contribution in [3.8, 4) is 11.4 Å². The van der Waals surface area contributed by atoms with Crippen LogP contribution in [0.4, 0.5) is 21.0 Å². The van der Waals surface area contributed by atoms with Crippen molar-refractivity contribution in [1.82, 2.24) is 29.5 Å². The van der Waals surface area contributed by atoms with Gasteiger partial charge in [0, 0.05) is 19.4 Å². The number of nitrogens with zero attached hydrogens (tertiary/aromatic N) is 7. The molecular formula is C27H32Cl2N8O4. The van der Waals surface area contributed by atoms with Crippen LogP contribution in [0.3, 0.4) is 0 Å². The molecule has 0 atom stereocenters. The number of carbonyl (C=O) groups is 2. The van der Waals surface area contributed by atoms with Crippen molar-refractivity contribution in [2.75, 3.05) is 17.3 Å². The van der Waals surface area contributed by atoms with Gasteiger partial charge >= 0.3 is 12.2 Å². The monoisotopic (exact) mass is 602 g/mol. The summed E-state index contributed by atoms with van der Waals surface area (Å²) in [6.07, 6.45) is 8.81. The highest BCUT2D eigenvalue weighted by Gasteiger charge is 2.24. The average molecular weight is 604 g/mol. The number of ether oxygens (including phenoxy) is 2. The Morgan fingerprint density at radius 1 is 0.829 bits per heavy atom. The average Bonchev–Trinajstić information content (AvgIpc) is 3.45. The number of hydrogen-bond acceptors (Lipinski definition) is 8. The molecule has 12 nitrogen and oxygen atoms in total. The third-order valence-corrected chi connectivity index (χ3v) is 5.35. The quantitative estimate of drug-likeness (QED) is 0.278. The number of nitrogens with one attached hydrogen (secondary N) is 1. The lowest BCUT2D eigenvalue weighted by atomic mass is 10.2. The fourth-order valence-electron chi connectivity index (χ4n) is 3.09. The highest BCUT2D eigenvalue weighted by atomic mass is 35.5. The van der Waals surface area contributed by atoms with Crippen LogP contribution in [0.1, 0.15) is 41.5 Å². The topological polar surface area (TPSA) is 129 Å². The minimum Gasteiger partial charge on any atom is -0.444 e. The van der Waals surface area contributed by atoms with Crippen molar-refractivity contribution in [1.29, 1.82) is 0 Å². The maximum atomic E-state index is 12.1. The van der Waals surface area contributed by atoms with Gasteiger partial charge < -0.3 is 9.47 Å². The normalized spacial score (nSPS) is 11.2. The number of rotatable bonds is 4. The van der Waals surface area contributed by atoms with Gasteiger partial charge in [-0.2, -0.15) is 10.2 Å². The molecule has 0 radical (unpaired) electrons. The van der Waals surface area contributed by atoms with Crippen molar-refractivity contribution >= 4 is 46.8 Å². The highest BCUT2D eigenvalue weighted by molar-refractivity contribution is 6.32. The fraction of sp³-hybridized carbons (Fsp3) is 0.333. The van der Waals surface area contributed by atoms with Crippen LogP contribution in [0.5, 0.6) is 0 Å². The third-order valence-electron chi connectivity index (χ3n) is 4.81. The maximum Gasteiger partial charge on any atom is 0.414 e. The predicted octanol–water partition coefficient (Wildman–Crippen LogP) is 6.56. The zero-order chi connectivity index (χ0) is 30.4. The minimum atomic E-state index is -0.579. The molecule has 218 valence electrons. The Bertz CT molecular complexity index is 1460. The highest BCUT2D eigenvalue weighted by Crippen LogP contribution is 2.26. The Morgan fingerprint density at radius 2 is 1.34 bits per heavy atom. The molecule has 0 aromatic carbocycles. The molecule has 0 saturated heterocycles. The molecule has 4 aromatic heterocycles. The lowest BCUT2D eigenvalue weighted by molar-refractivity contribution is 0.0587. The molecule has 0 bridgehead atoms. The van der Waals surface area contributed by atoms with Gasteiger partial charge in [0.1, 0.15) is 22.6 Å². The molecule has 1 N–H and O–H groups in total. The molecule has 0 unspecified atom stereocenters. The van der Waals surface area contributed by atoms with Gasteiger partial charge in [0.2, 0.25) is 0 Å². The molecule has 41 heavy (non-hydrogen) atoms. The van der Waals surface area contributed by atoms with E-state index < -0.39 is 23.4 Å². The predicted molar refractivity (Wildman–Crippen MR) is 157 cm³/mol. The Hall–Kier alpha value is -4.16. The van der Waals surface area contributed by atoms with Gasteiger partial charge in [0.15, 0.2) is 10.3 Å². The molecule has 4 heterocycles. The van der Waals surface area contributed by atoms with E-state index in [2.05, 4.69) is 25.5 Å². The summed E-state index contributed by atoms with van der Waals surface area (Å²) in [6, 6.07) is 7.25. The van der Waals surface area contributed by atoms with Crippen LogP contribution >= 0.6 is 23.2 Å². The van der Waals surface area contributed by atoms with E-state index in [0.717, 1.165) is 11.4 Å². The van der Waals surface area contributed by atoms with E-state index >= 15 is 0 Å². The van der Waals surface area contributed by atoms with Gasteiger partial charge in [-0.15, -0.1) is 0 Å². The smallest absolute Gasteiger partial charge is 0.414 e. The zero-order valence-corrected chi connectivity index (χ0v) is 25.3. The molecule has 0 aliphatic carbocycles. The van der Waals surface area contributed by atoms with Crippen molar-refractivity contribution in [2.45, 2.75) is 52.7 Å². The molecule has 0 fully saturated rings. The lowest BCUT2D eigenvalue weighted by Gasteiger charge is -2.23. The van der Waals surface area contributed by atoms with Crippen molar-refractivity contribution in [3.05, 3.63) is 71.8 Å². The second-order valence-electron chi connectivity index (χ2n) is 10.6. The fourth-order valence-corrected chi connectivity index (χ4v) is 3.53. The number of aromatic nitrogens is 6. The van der Waals surface area contributed by atoms with Gasteiger partial charge in [0.05, 0.1) is 36.2 Å². The molecule has 14 heteroatoms. The van der Waals surface area contributed by atoms with Gasteiger partial charge in [-0.3, -0.25) is 20.2 Å². The van der Waals surface area contributed by atoms with E-state index in [9.17, 15) is 9.59 Å². The summed E-state index contributed by atoms with van der Waals surface area (Å²) in [6.45, 7) is 10.8. The van der Waals surface area contributed by atoms with Crippen molar-refractivity contribution in [3.63, 3.8) is 0 Å². The van der Waals surface area contributed by atoms with Crippen LogP contribution in [0, 0.1) is 0 Å². The van der Waals surface area contributed by atoms with Crippen molar-refractivity contribution < 1.29 is 19.1 Å². The Labute approximate surface area is 248 Å². The maximum absolute atomic E-state index is 12.1. The van der Waals surface area contributed by atoms with E-state index in [1.165, 1.54) is 9.58 Å². The summed E-state index contributed by atoms with van der Waals surface area (Å²) in [4.78, 5) is 33.1. The number of carbonyl (C=O) groups excluding carboxylic acids is 2. The van der Waals surface area contributed by atoms with Crippen LogP contribution in [0.25, 0.3) is 11.4 Å². The van der Waals surface area contributed by atoms with Gasteiger partial charge in [-0.25, -0.2) is 19.0 Å². The number of anilines is 2. The standard InChI is InChI=1S/C14H17ClN4O2.C13H15ClN4O2/c1-14(2,3)21-13(20)18(4)11-9-19(17-12(11)15)10-6-5-7-16-8-10;1-13(2,3)20-12(19)16-10-8-18(17-11(10)14)9-5-4-6-15-7-9/h5-9H,1-4H3;4-8H,1-3H3,(H,16,19). The number of halogens is 2. The van der Waals surface area contributed by atoms with Gasteiger partial charge in [0.25, 0.3) is 0 Å². The molecule has 4 rings (SSSR count). The minimum absolute atomic E-state index is 0.180. The summed E-state index contributed by atoms with van der Waals surface area (Å²) in [7, 11) is 1.59. The van der Waals surface area contributed by atoms with Crippen LogP contribution in [0.15, 0.2) is 61.4 Å². The molecule has 0 aliphatic heterocycles. The summed E-state index contributed by atoms with van der Waals surface area (Å²) in [5.74, 6) is 0. The summed E-state index contributed by atoms with van der Waals surface area (Å²) >= 11 is 12.1. The van der Waals surface area contributed by atoms with Gasteiger partial charge in [-0.1, -0.05) is 23.2 Å². The first kappa shape index (κ1) is 31.4. The van der Waals surface area contributed by atoms with E-state index in [4.69, 9.17) is 32.7 Å². The first-order chi connectivity index (χ1) is 19.1. The molecule has 4 aromatic rings. The zero-order valence-electron chi connectivity index (χ0n) is 23.8. The molecule has 0 saturated carbocycles. The SMILES string of the molecule is CC(C)(C)OC(=O)Nc1cn(-c2cccnc2)nc1Cl.CN(C(=O)OC(C)(C)C)c1cn(-c2cccnc2)nc1Cl. The second kappa shape index (κ2) is 13.0. The number of amides is 2. The van der Waals surface area contributed by atoms with Crippen LogP contribution < -0.4 is 10.2 Å². The van der Waals surface area contributed by atoms with Crippen LogP contribution in [0.2, 0.25) is 10.3 Å². The Morgan fingerprint density at radius 3 is 1.83 bits per heavy atom. The first-order valence-electron chi connectivity index (χ1n) is 12.4. The summed E-state index contributed by atoms with van der Waals surface area (Å²) in [5.41, 5.74) is 1.20.